The SMILES string of the molecule is NC(=S)c1ccc(S(=O)(=O)NCCNC(=O)C2CC2)cc1. The van der Waals surface area contributed by atoms with Crippen LogP contribution in [0.25, 0.3) is 0 Å². The summed E-state index contributed by atoms with van der Waals surface area (Å²) in [6.07, 6.45) is 1.85. The number of nitrogens with one attached hydrogen (secondary N) is 2. The minimum absolute atomic E-state index is 0.00462. The third-order valence-corrected chi connectivity index (χ3v) is 4.83. The predicted molar refractivity (Wildman–Crippen MR) is 83.3 cm³/mol. The van der Waals surface area contributed by atoms with E-state index < -0.39 is 10.0 Å². The topological polar surface area (TPSA) is 101 Å². The van der Waals surface area contributed by atoms with Crippen LogP contribution in [0.15, 0.2) is 29.2 Å². The van der Waals surface area contributed by atoms with Gasteiger partial charge in [0.05, 0.1) is 4.90 Å². The smallest absolute Gasteiger partial charge is 0.240 e. The van der Waals surface area contributed by atoms with Gasteiger partial charge in [-0.1, -0.05) is 24.4 Å². The fourth-order valence-electron chi connectivity index (χ4n) is 1.74. The number of benzene rings is 1. The van der Waals surface area contributed by atoms with Gasteiger partial charge in [-0.05, 0) is 25.0 Å². The normalized spacial score (nSPS) is 14.7. The highest BCUT2D eigenvalue weighted by molar-refractivity contribution is 7.89. The molecule has 1 aromatic carbocycles. The van der Waals surface area contributed by atoms with Crippen molar-refractivity contribution in [3.63, 3.8) is 0 Å². The van der Waals surface area contributed by atoms with E-state index in [2.05, 4.69) is 10.0 Å². The molecule has 6 nitrogen and oxygen atoms in total. The van der Waals surface area contributed by atoms with Crippen molar-refractivity contribution in [1.82, 2.24) is 10.0 Å². The maximum Gasteiger partial charge on any atom is 0.240 e. The number of rotatable bonds is 7. The second kappa shape index (κ2) is 6.50. The van der Waals surface area contributed by atoms with Crippen LogP contribution in [0.4, 0.5) is 0 Å². The Kier molecular flexibility index (Phi) is 4.92. The maximum atomic E-state index is 12.0. The van der Waals surface area contributed by atoms with Crippen LogP contribution in [0.2, 0.25) is 0 Å². The number of hydrogen-bond donors (Lipinski definition) is 3. The minimum Gasteiger partial charge on any atom is -0.389 e. The molecule has 1 aliphatic carbocycles. The molecule has 0 aliphatic heterocycles. The molecule has 0 atom stereocenters. The first kappa shape index (κ1) is 15.9. The van der Waals surface area contributed by atoms with Gasteiger partial charge in [0.1, 0.15) is 4.99 Å². The Balaban J connectivity index is 1.85. The minimum atomic E-state index is -3.59. The monoisotopic (exact) mass is 327 g/mol. The summed E-state index contributed by atoms with van der Waals surface area (Å²) in [5.41, 5.74) is 6.07. The van der Waals surface area contributed by atoms with Gasteiger partial charge in [0.25, 0.3) is 0 Å². The van der Waals surface area contributed by atoms with E-state index >= 15 is 0 Å². The standard InChI is InChI=1S/C13H17N3O3S2/c14-12(20)9-3-5-11(6-4-9)21(18,19)16-8-7-15-13(17)10-1-2-10/h3-6,10,16H,1-2,7-8H2,(H2,14,20)(H,15,17). The highest BCUT2D eigenvalue weighted by Crippen LogP contribution is 2.28. The van der Waals surface area contributed by atoms with Crippen LogP contribution in [0.1, 0.15) is 18.4 Å². The first-order valence-corrected chi connectivity index (χ1v) is 8.46. The first-order valence-electron chi connectivity index (χ1n) is 6.57. The van der Waals surface area contributed by atoms with Crippen molar-refractivity contribution in [1.29, 1.82) is 0 Å². The Morgan fingerprint density at radius 2 is 1.86 bits per heavy atom. The average Bonchev–Trinajstić information content (AvgIpc) is 3.28. The molecule has 1 aromatic rings. The van der Waals surface area contributed by atoms with Crippen molar-refractivity contribution in [2.24, 2.45) is 11.7 Å². The Bertz CT molecular complexity index is 637. The van der Waals surface area contributed by atoms with Crippen molar-refractivity contribution in [3.05, 3.63) is 29.8 Å². The number of nitrogens with two attached hydrogens (primary N) is 1. The molecule has 0 spiro atoms. The van der Waals surface area contributed by atoms with E-state index in [9.17, 15) is 13.2 Å². The Morgan fingerprint density at radius 1 is 1.24 bits per heavy atom. The number of thiocarbonyl (C=S) groups is 1. The van der Waals surface area contributed by atoms with Crippen molar-refractivity contribution < 1.29 is 13.2 Å². The summed E-state index contributed by atoms with van der Waals surface area (Å²) in [5.74, 6) is 0.115. The molecule has 114 valence electrons. The van der Waals surface area contributed by atoms with Gasteiger partial charge in [-0.2, -0.15) is 0 Å². The summed E-state index contributed by atoms with van der Waals surface area (Å²) >= 11 is 4.81. The predicted octanol–water partition coefficient (Wildman–Crippen LogP) is 0.125. The Hall–Kier alpha value is -1.51. The Labute approximate surface area is 129 Å². The summed E-state index contributed by atoms with van der Waals surface area (Å²) in [6, 6.07) is 6.01. The average molecular weight is 327 g/mol. The molecular formula is C13H17N3O3S2. The number of carbonyl (C=O) groups excluding carboxylic acids is 1. The molecule has 0 radical (unpaired) electrons. The summed E-state index contributed by atoms with van der Waals surface area (Å²) in [4.78, 5) is 11.7. The molecule has 0 aromatic heterocycles. The lowest BCUT2D eigenvalue weighted by Crippen LogP contribution is -2.35. The zero-order valence-electron chi connectivity index (χ0n) is 11.3. The van der Waals surface area contributed by atoms with Crippen LogP contribution < -0.4 is 15.8 Å². The highest BCUT2D eigenvalue weighted by Gasteiger charge is 2.29. The van der Waals surface area contributed by atoms with Crippen LogP contribution in [0.3, 0.4) is 0 Å². The summed E-state index contributed by atoms with van der Waals surface area (Å²) < 4.78 is 26.5. The van der Waals surface area contributed by atoms with E-state index in [1.54, 1.807) is 12.1 Å². The van der Waals surface area contributed by atoms with Gasteiger partial charge in [-0.25, -0.2) is 13.1 Å². The first-order chi connectivity index (χ1) is 9.90. The second-order valence-electron chi connectivity index (χ2n) is 4.85. The maximum absolute atomic E-state index is 12.0. The van der Waals surface area contributed by atoms with Crippen molar-refractivity contribution in [2.45, 2.75) is 17.7 Å². The summed E-state index contributed by atoms with van der Waals surface area (Å²) in [5, 5.41) is 2.69. The van der Waals surface area contributed by atoms with Gasteiger partial charge in [-0.15, -0.1) is 0 Å². The second-order valence-corrected chi connectivity index (χ2v) is 7.06. The van der Waals surface area contributed by atoms with Gasteiger partial charge in [-0.3, -0.25) is 4.79 Å². The summed E-state index contributed by atoms with van der Waals surface area (Å²) in [7, 11) is -3.59. The van der Waals surface area contributed by atoms with E-state index in [-0.39, 0.29) is 34.8 Å². The van der Waals surface area contributed by atoms with Gasteiger partial charge in [0, 0.05) is 24.6 Å². The van der Waals surface area contributed by atoms with Crippen LogP contribution >= 0.6 is 12.2 Å². The number of amides is 1. The third kappa shape index (κ3) is 4.48. The van der Waals surface area contributed by atoms with E-state index in [0.29, 0.717) is 5.56 Å². The molecular weight excluding hydrogens is 310 g/mol. The molecule has 1 aliphatic rings. The summed E-state index contributed by atoms with van der Waals surface area (Å²) in [6.45, 7) is 0.428. The van der Waals surface area contributed by atoms with Crippen molar-refractivity contribution >= 4 is 33.1 Å². The molecule has 1 amide bonds. The molecule has 1 fully saturated rings. The number of sulfonamides is 1. The molecule has 0 bridgehead atoms. The van der Waals surface area contributed by atoms with Gasteiger partial charge in [0.15, 0.2) is 0 Å². The zero-order chi connectivity index (χ0) is 15.5. The lowest BCUT2D eigenvalue weighted by atomic mass is 10.2. The molecule has 0 unspecified atom stereocenters. The third-order valence-electron chi connectivity index (χ3n) is 3.11. The molecule has 4 N–H and O–H groups in total. The largest absolute Gasteiger partial charge is 0.389 e. The van der Waals surface area contributed by atoms with Gasteiger partial charge < -0.3 is 11.1 Å². The van der Waals surface area contributed by atoms with Crippen LogP contribution in [-0.4, -0.2) is 32.4 Å². The molecule has 21 heavy (non-hydrogen) atoms. The lowest BCUT2D eigenvalue weighted by molar-refractivity contribution is -0.122. The Morgan fingerprint density at radius 3 is 2.38 bits per heavy atom. The number of carbonyl (C=O) groups is 1. The van der Waals surface area contributed by atoms with Crippen LogP contribution in [0.5, 0.6) is 0 Å². The van der Waals surface area contributed by atoms with E-state index in [4.69, 9.17) is 18.0 Å². The van der Waals surface area contributed by atoms with Crippen LogP contribution in [-0.2, 0) is 14.8 Å². The fourth-order valence-corrected chi connectivity index (χ4v) is 2.91. The van der Waals surface area contributed by atoms with Crippen LogP contribution in [0, 0.1) is 5.92 Å². The molecule has 0 saturated heterocycles. The highest BCUT2D eigenvalue weighted by atomic mass is 32.2. The zero-order valence-corrected chi connectivity index (χ0v) is 13.0. The van der Waals surface area contributed by atoms with Crippen molar-refractivity contribution in [2.75, 3.05) is 13.1 Å². The van der Waals surface area contributed by atoms with Gasteiger partial charge in [0.2, 0.25) is 15.9 Å². The fraction of sp³-hybridized carbons (Fsp3) is 0.385. The number of hydrogen-bond acceptors (Lipinski definition) is 4. The van der Waals surface area contributed by atoms with E-state index in [1.165, 1.54) is 12.1 Å². The molecule has 1 saturated carbocycles. The lowest BCUT2D eigenvalue weighted by Gasteiger charge is -2.08. The van der Waals surface area contributed by atoms with E-state index in [1.807, 2.05) is 0 Å². The van der Waals surface area contributed by atoms with E-state index in [0.717, 1.165) is 12.8 Å². The molecule has 2 rings (SSSR count). The van der Waals surface area contributed by atoms with Crippen molar-refractivity contribution in [3.8, 4) is 0 Å². The molecule has 8 heteroatoms. The molecule has 0 heterocycles. The van der Waals surface area contributed by atoms with Gasteiger partial charge >= 0.3 is 0 Å². The quantitative estimate of drug-likeness (QED) is 0.488.